The molecule has 1 aromatic rings. The van der Waals surface area contributed by atoms with Gasteiger partial charge in [0.1, 0.15) is 5.76 Å². The second kappa shape index (κ2) is 5.90. The average Bonchev–Trinajstić information content (AvgIpc) is 2.88. The first-order valence-corrected chi connectivity index (χ1v) is 7.85. The summed E-state index contributed by atoms with van der Waals surface area (Å²) in [6, 6.07) is 2.41. The fourth-order valence-electron chi connectivity index (χ4n) is 3.59. The van der Waals surface area contributed by atoms with E-state index in [9.17, 15) is 4.79 Å². The number of urea groups is 1. The van der Waals surface area contributed by atoms with Crippen LogP contribution in [0.25, 0.3) is 0 Å². The van der Waals surface area contributed by atoms with Gasteiger partial charge in [-0.3, -0.25) is 0 Å². The molecule has 2 aliphatic carbocycles. The first kappa shape index (κ1) is 13.5. The predicted octanol–water partition coefficient (Wildman–Crippen LogP) is 3.53. The molecule has 1 aromatic heterocycles. The molecule has 0 bridgehead atoms. The van der Waals surface area contributed by atoms with Crippen LogP contribution < -0.4 is 10.6 Å². The van der Waals surface area contributed by atoms with Crippen LogP contribution in [0.15, 0.2) is 16.7 Å². The number of hydrogen-bond donors (Lipinski definition) is 2. The van der Waals surface area contributed by atoms with Crippen molar-refractivity contribution in [2.75, 3.05) is 0 Å². The zero-order chi connectivity index (χ0) is 13.9. The highest BCUT2D eigenvalue weighted by atomic mass is 16.3. The molecule has 0 spiro atoms. The van der Waals surface area contributed by atoms with Crippen LogP contribution in [0.1, 0.15) is 62.8 Å². The maximum Gasteiger partial charge on any atom is 0.315 e. The van der Waals surface area contributed by atoms with Crippen molar-refractivity contribution in [1.29, 1.82) is 0 Å². The summed E-state index contributed by atoms with van der Waals surface area (Å²) in [6.45, 7) is 2.27. The third-order valence-electron chi connectivity index (χ3n) is 4.63. The molecule has 1 heterocycles. The molecule has 1 saturated carbocycles. The summed E-state index contributed by atoms with van der Waals surface area (Å²) in [6.07, 6.45) is 9.53. The number of aryl methyl sites for hydroxylation is 1. The molecule has 2 N–H and O–H groups in total. The molecule has 3 unspecified atom stereocenters. The molecule has 4 heteroatoms. The molecule has 0 aromatic carbocycles. The van der Waals surface area contributed by atoms with Gasteiger partial charge in [0.25, 0.3) is 0 Å². The average molecular weight is 276 g/mol. The van der Waals surface area contributed by atoms with Gasteiger partial charge in [0, 0.05) is 18.0 Å². The summed E-state index contributed by atoms with van der Waals surface area (Å²) in [5.74, 6) is 1.76. The summed E-state index contributed by atoms with van der Waals surface area (Å²) in [7, 11) is 0. The van der Waals surface area contributed by atoms with E-state index in [1.165, 1.54) is 12.8 Å². The van der Waals surface area contributed by atoms with Gasteiger partial charge in [-0.25, -0.2) is 4.79 Å². The Morgan fingerprint density at radius 1 is 1.25 bits per heavy atom. The van der Waals surface area contributed by atoms with Crippen molar-refractivity contribution >= 4 is 6.03 Å². The van der Waals surface area contributed by atoms with Crippen molar-refractivity contribution in [2.45, 2.75) is 64.0 Å². The summed E-state index contributed by atoms with van der Waals surface area (Å²) in [4.78, 5) is 12.2. The largest absolute Gasteiger partial charge is 0.469 e. The molecular weight excluding hydrogens is 252 g/mol. The van der Waals surface area contributed by atoms with Crippen molar-refractivity contribution in [1.82, 2.24) is 10.6 Å². The minimum atomic E-state index is -0.0249. The first-order chi connectivity index (χ1) is 9.72. The molecule has 4 nitrogen and oxygen atoms in total. The van der Waals surface area contributed by atoms with Crippen molar-refractivity contribution < 1.29 is 9.21 Å². The van der Waals surface area contributed by atoms with Gasteiger partial charge in [-0.05, 0) is 37.7 Å². The number of nitrogens with one attached hydrogen (secondary N) is 2. The lowest BCUT2D eigenvalue weighted by atomic mass is 9.87. The second-order valence-corrected chi connectivity index (χ2v) is 6.33. The van der Waals surface area contributed by atoms with E-state index >= 15 is 0 Å². The van der Waals surface area contributed by atoms with Gasteiger partial charge in [0.15, 0.2) is 0 Å². The lowest BCUT2D eigenvalue weighted by Gasteiger charge is -2.29. The fourth-order valence-corrected chi connectivity index (χ4v) is 3.59. The zero-order valence-electron chi connectivity index (χ0n) is 12.2. The lowest BCUT2D eigenvalue weighted by molar-refractivity contribution is 0.222. The van der Waals surface area contributed by atoms with Gasteiger partial charge in [0.2, 0.25) is 0 Å². The van der Waals surface area contributed by atoms with E-state index in [4.69, 9.17) is 4.42 Å². The number of hydrogen-bond acceptors (Lipinski definition) is 2. The molecular formula is C16H24N2O2. The monoisotopic (exact) mass is 276 g/mol. The Morgan fingerprint density at radius 2 is 2.15 bits per heavy atom. The maximum atomic E-state index is 12.2. The van der Waals surface area contributed by atoms with E-state index < -0.39 is 0 Å². The van der Waals surface area contributed by atoms with Gasteiger partial charge < -0.3 is 15.1 Å². The van der Waals surface area contributed by atoms with Crippen LogP contribution in [-0.4, -0.2) is 12.1 Å². The van der Waals surface area contributed by atoms with E-state index in [1.54, 1.807) is 6.26 Å². The van der Waals surface area contributed by atoms with E-state index in [0.29, 0.717) is 6.04 Å². The van der Waals surface area contributed by atoms with E-state index in [-0.39, 0.29) is 12.1 Å². The third-order valence-corrected chi connectivity index (χ3v) is 4.63. The number of fused-ring (bicyclic) bond motifs is 1. The van der Waals surface area contributed by atoms with Gasteiger partial charge in [0.05, 0.1) is 12.3 Å². The minimum absolute atomic E-state index is 0.0249. The molecule has 2 aliphatic rings. The second-order valence-electron chi connectivity index (χ2n) is 6.33. The highest BCUT2D eigenvalue weighted by molar-refractivity contribution is 5.74. The van der Waals surface area contributed by atoms with Gasteiger partial charge in [-0.2, -0.15) is 0 Å². The van der Waals surface area contributed by atoms with Crippen LogP contribution in [0, 0.1) is 5.92 Å². The Kier molecular flexibility index (Phi) is 3.99. The Balaban J connectivity index is 1.55. The molecule has 0 aliphatic heterocycles. The normalized spacial score (nSPS) is 29.6. The van der Waals surface area contributed by atoms with Crippen molar-refractivity contribution in [2.24, 2.45) is 5.92 Å². The van der Waals surface area contributed by atoms with Crippen LogP contribution in [0.2, 0.25) is 0 Å². The Bertz CT molecular complexity index is 469. The third kappa shape index (κ3) is 3.00. The smallest absolute Gasteiger partial charge is 0.315 e. The van der Waals surface area contributed by atoms with Crippen LogP contribution in [0.5, 0.6) is 0 Å². The van der Waals surface area contributed by atoms with Crippen LogP contribution in [0.3, 0.4) is 0 Å². The number of carbonyl (C=O) groups excluding carboxylic acids is 1. The molecule has 0 saturated heterocycles. The molecule has 110 valence electrons. The summed E-state index contributed by atoms with van der Waals surface area (Å²) < 4.78 is 5.46. The van der Waals surface area contributed by atoms with Crippen molar-refractivity contribution in [3.8, 4) is 0 Å². The fraction of sp³-hybridized carbons (Fsp3) is 0.688. The maximum absolute atomic E-state index is 12.2. The Labute approximate surface area is 120 Å². The van der Waals surface area contributed by atoms with E-state index in [2.05, 4.69) is 17.6 Å². The zero-order valence-corrected chi connectivity index (χ0v) is 12.2. The number of carbonyl (C=O) groups is 1. The first-order valence-electron chi connectivity index (χ1n) is 7.85. The standard InChI is InChI=1S/C16H24N2O2/c1-11-4-2-5-12(10-11)17-16(19)18-14-6-3-7-15-13(14)8-9-20-15/h8-9,11-12,14H,2-7,10H2,1H3,(H2,17,18,19). The quantitative estimate of drug-likeness (QED) is 0.868. The number of amides is 2. The lowest BCUT2D eigenvalue weighted by Crippen LogP contribution is -2.45. The Morgan fingerprint density at radius 3 is 3.00 bits per heavy atom. The van der Waals surface area contributed by atoms with Crippen LogP contribution >= 0.6 is 0 Å². The Hall–Kier alpha value is -1.45. The van der Waals surface area contributed by atoms with Crippen molar-refractivity contribution in [3.63, 3.8) is 0 Å². The molecule has 0 radical (unpaired) electrons. The van der Waals surface area contributed by atoms with Gasteiger partial charge >= 0.3 is 6.03 Å². The molecule has 3 atom stereocenters. The topological polar surface area (TPSA) is 54.3 Å². The van der Waals surface area contributed by atoms with Crippen molar-refractivity contribution in [3.05, 3.63) is 23.7 Å². The highest BCUT2D eigenvalue weighted by Crippen LogP contribution is 2.30. The van der Waals surface area contributed by atoms with Gasteiger partial charge in [-0.1, -0.05) is 19.8 Å². The number of furan rings is 1. The van der Waals surface area contributed by atoms with Crippen LogP contribution in [0.4, 0.5) is 4.79 Å². The summed E-state index contributed by atoms with van der Waals surface area (Å²) in [5, 5.41) is 6.25. The highest BCUT2D eigenvalue weighted by Gasteiger charge is 2.25. The SMILES string of the molecule is CC1CCCC(NC(=O)NC2CCCc3occc32)C1. The minimum Gasteiger partial charge on any atom is -0.469 e. The molecule has 2 amide bonds. The van der Waals surface area contributed by atoms with E-state index in [0.717, 1.165) is 49.3 Å². The summed E-state index contributed by atoms with van der Waals surface area (Å²) in [5.41, 5.74) is 1.16. The molecule has 3 rings (SSSR count). The molecule has 20 heavy (non-hydrogen) atoms. The van der Waals surface area contributed by atoms with Crippen LogP contribution in [-0.2, 0) is 6.42 Å². The van der Waals surface area contributed by atoms with E-state index in [1.807, 2.05) is 6.07 Å². The summed E-state index contributed by atoms with van der Waals surface area (Å²) >= 11 is 0. The predicted molar refractivity (Wildman–Crippen MR) is 77.5 cm³/mol. The van der Waals surface area contributed by atoms with Gasteiger partial charge in [-0.15, -0.1) is 0 Å². The molecule has 1 fully saturated rings. The number of rotatable bonds is 2.